The molecular weight excluding hydrogens is 617 g/mol. The number of phosphoric ester groups is 1. The quantitative estimate of drug-likeness (QED) is 0.0216. The van der Waals surface area contributed by atoms with Crippen LogP contribution in [0, 0.1) is 0 Å². The average Bonchev–Trinajstić information content (AvgIpc) is 3.01. The number of hydrogen-bond acceptors (Lipinski definition) is 8. The van der Waals surface area contributed by atoms with Crippen LogP contribution in [0.15, 0.2) is 12.2 Å². The molecule has 278 valence electrons. The second-order valence-electron chi connectivity index (χ2n) is 13.9. The van der Waals surface area contributed by atoms with Crippen molar-refractivity contribution in [2.45, 2.75) is 168 Å². The van der Waals surface area contributed by atoms with Gasteiger partial charge in [0.05, 0.1) is 27.7 Å². The smallest absolute Gasteiger partial charge is 0.306 e. The summed E-state index contributed by atoms with van der Waals surface area (Å²) < 4.78 is 33.7. The molecule has 0 saturated carbocycles. The molecule has 47 heavy (non-hydrogen) atoms. The fourth-order valence-electron chi connectivity index (χ4n) is 5.00. The molecule has 0 aliphatic rings. The number of unbranched alkanes of at least 4 members (excludes halogenated alkanes) is 18. The summed E-state index contributed by atoms with van der Waals surface area (Å²) in [5.74, 6) is -0.844. The normalized spacial score (nSPS) is 13.9. The molecule has 0 radical (unpaired) electrons. The predicted molar refractivity (Wildman–Crippen MR) is 190 cm³/mol. The molecule has 1 unspecified atom stereocenters. The monoisotopic (exact) mass is 689 g/mol. The lowest BCUT2D eigenvalue weighted by Crippen LogP contribution is -2.37. The number of likely N-dealkylation sites (N-methyl/N-ethyl adjacent to an activating group) is 1. The summed E-state index contributed by atoms with van der Waals surface area (Å²) in [6.07, 6.45) is 28.1. The first-order valence-corrected chi connectivity index (χ1v) is 20.4. The topological polar surface area (TPSA) is 111 Å². The Labute approximate surface area is 288 Å². The number of esters is 2. The minimum Gasteiger partial charge on any atom is -0.756 e. The van der Waals surface area contributed by atoms with Crippen LogP contribution in [0.3, 0.4) is 0 Å². The van der Waals surface area contributed by atoms with E-state index in [0.717, 1.165) is 51.4 Å². The van der Waals surface area contributed by atoms with Gasteiger partial charge in [0.15, 0.2) is 6.10 Å². The average molecular weight is 690 g/mol. The molecule has 2 atom stereocenters. The molecule has 0 aromatic heterocycles. The molecule has 0 rings (SSSR count). The fourth-order valence-corrected chi connectivity index (χ4v) is 5.73. The van der Waals surface area contributed by atoms with E-state index < -0.39 is 32.5 Å². The summed E-state index contributed by atoms with van der Waals surface area (Å²) in [4.78, 5) is 37.2. The van der Waals surface area contributed by atoms with Crippen LogP contribution in [0.1, 0.15) is 162 Å². The van der Waals surface area contributed by atoms with Crippen molar-refractivity contribution in [2.24, 2.45) is 0 Å². The molecule has 10 heteroatoms. The van der Waals surface area contributed by atoms with Crippen molar-refractivity contribution in [2.75, 3.05) is 47.5 Å². The maximum Gasteiger partial charge on any atom is 0.306 e. The Hall–Kier alpha value is -1.25. The van der Waals surface area contributed by atoms with Gasteiger partial charge in [-0.05, 0) is 38.5 Å². The van der Waals surface area contributed by atoms with E-state index in [0.29, 0.717) is 17.4 Å². The number of allylic oxidation sites excluding steroid dienone is 2. The maximum atomic E-state index is 12.6. The molecule has 0 aromatic rings. The zero-order valence-corrected chi connectivity index (χ0v) is 31.9. The first kappa shape index (κ1) is 45.8. The number of hydrogen-bond donors (Lipinski definition) is 0. The number of quaternary nitrogens is 1. The van der Waals surface area contributed by atoms with E-state index in [9.17, 15) is 19.0 Å². The van der Waals surface area contributed by atoms with E-state index >= 15 is 0 Å². The number of carbonyl (C=O) groups excluding carboxylic acids is 2. The van der Waals surface area contributed by atoms with Gasteiger partial charge in [-0.2, -0.15) is 0 Å². The number of rotatable bonds is 34. The first-order chi connectivity index (χ1) is 22.5. The Morgan fingerprint density at radius 1 is 0.638 bits per heavy atom. The minimum absolute atomic E-state index is 0.0294. The standard InChI is InChI=1S/C37H72NO8P/c1-6-8-10-12-14-16-18-20-21-23-25-27-29-36(39)43-33-35(34-45-47(41,42)44-32-31-38(3,4)5)46-37(40)30-28-26-24-22-19-17-15-13-11-9-7-2/h14,16,35H,6-13,15,17-34H2,1-5H3/b16-14+/t35-/m1/s1. The van der Waals surface area contributed by atoms with Crippen LogP contribution in [-0.4, -0.2) is 70.0 Å². The Balaban J connectivity index is 4.45. The summed E-state index contributed by atoms with van der Waals surface area (Å²) in [7, 11) is 1.16. The van der Waals surface area contributed by atoms with E-state index in [1.165, 1.54) is 77.0 Å². The fraction of sp³-hybridized carbons (Fsp3) is 0.892. The summed E-state index contributed by atoms with van der Waals surface area (Å²) in [5, 5.41) is 0. The van der Waals surface area contributed by atoms with Crippen LogP contribution >= 0.6 is 7.82 Å². The molecule has 0 N–H and O–H groups in total. The molecule has 0 saturated heterocycles. The van der Waals surface area contributed by atoms with Gasteiger partial charge in [-0.25, -0.2) is 0 Å². The lowest BCUT2D eigenvalue weighted by Gasteiger charge is -2.28. The van der Waals surface area contributed by atoms with Gasteiger partial charge in [0.1, 0.15) is 19.8 Å². The highest BCUT2D eigenvalue weighted by Crippen LogP contribution is 2.38. The lowest BCUT2D eigenvalue weighted by atomic mass is 10.1. The molecule has 0 fully saturated rings. The van der Waals surface area contributed by atoms with Gasteiger partial charge in [-0.15, -0.1) is 0 Å². The van der Waals surface area contributed by atoms with Crippen molar-refractivity contribution in [3.63, 3.8) is 0 Å². The number of carbonyl (C=O) groups is 2. The lowest BCUT2D eigenvalue weighted by molar-refractivity contribution is -0.870. The second-order valence-corrected chi connectivity index (χ2v) is 15.4. The highest BCUT2D eigenvalue weighted by Gasteiger charge is 2.21. The van der Waals surface area contributed by atoms with Gasteiger partial charge < -0.3 is 27.9 Å². The Morgan fingerprint density at radius 2 is 1.09 bits per heavy atom. The largest absolute Gasteiger partial charge is 0.756 e. The molecule has 9 nitrogen and oxygen atoms in total. The van der Waals surface area contributed by atoms with Crippen molar-refractivity contribution in [3.8, 4) is 0 Å². The minimum atomic E-state index is -4.61. The van der Waals surface area contributed by atoms with Gasteiger partial charge in [0.25, 0.3) is 7.82 Å². The van der Waals surface area contributed by atoms with Gasteiger partial charge in [0, 0.05) is 12.8 Å². The van der Waals surface area contributed by atoms with Crippen LogP contribution in [0.5, 0.6) is 0 Å². The van der Waals surface area contributed by atoms with E-state index in [2.05, 4.69) is 26.0 Å². The molecule has 0 amide bonds. The number of phosphoric acid groups is 1. The second kappa shape index (κ2) is 30.8. The third-order valence-electron chi connectivity index (χ3n) is 8.04. The summed E-state index contributed by atoms with van der Waals surface area (Å²) >= 11 is 0. The molecule has 0 bridgehead atoms. The van der Waals surface area contributed by atoms with Crippen LogP contribution in [0.25, 0.3) is 0 Å². The van der Waals surface area contributed by atoms with Crippen molar-refractivity contribution in [1.82, 2.24) is 0 Å². The first-order valence-electron chi connectivity index (χ1n) is 18.9. The van der Waals surface area contributed by atoms with Crippen molar-refractivity contribution < 1.29 is 42.1 Å². The highest BCUT2D eigenvalue weighted by molar-refractivity contribution is 7.45. The van der Waals surface area contributed by atoms with E-state index in [1.54, 1.807) is 0 Å². The van der Waals surface area contributed by atoms with Gasteiger partial charge in [-0.1, -0.05) is 122 Å². The Morgan fingerprint density at radius 3 is 1.62 bits per heavy atom. The molecule has 0 heterocycles. The maximum absolute atomic E-state index is 12.6. The van der Waals surface area contributed by atoms with Crippen LogP contribution in [0.4, 0.5) is 0 Å². The van der Waals surface area contributed by atoms with Gasteiger partial charge >= 0.3 is 11.9 Å². The zero-order valence-electron chi connectivity index (χ0n) is 31.0. The molecule has 0 spiro atoms. The number of nitrogens with zero attached hydrogens (tertiary/aromatic N) is 1. The van der Waals surface area contributed by atoms with Gasteiger partial charge in [0.2, 0.25) is 0 Å². The van der Waals surface area contributed by atoms with Crippen LogP contribution in [-0.2, 0) is 32.7 Å². The molecular formula is C37H72NO8P. The summed E-state index contributed by atoms with van der Waals surface area (Å²) in [5.41, 5.74) is 0. The van der Waals surface area contributed by atoms with E-state index in [4.69, 9.17) is 18.5 Å². The number of ether oxygens (including phenoxy) is 2. The van der Waals surface area contributed by atoms with E-state index in [-0.39, 0.29) is 26.1 Å². The Bertz CT molecular complexity index is 830. The zero-order chi connectivity index (χ0) is 35.1. The Kier molecular flexibility index (Phi) is 30.0. The van der Waals surface area contributed by atoms with Crippen molar-refractivity contribution >= 4 is 19.8 Å². The van der Waals surface area contributed by atoms with Crippen LogP contribution < -0.4 is 4.89 Å². The van der Waals surface area contributed by atoms with Crippen LogP contribution in [0.2, 0.25) is 0 Å². The third-order valence-corrected chi connectivity index (χ3v) is 9.00. The SMILES string of the molecule is CCCCC/C=C/CCCCCCCC(=O)OC[C@H](COP(=O)([O-])OCC[N+](C)(C)C)OC(=O)CCCCCCCCCCCCC. The van der Waals surface area contributed by atoms with Gasteiger partial charge in [-0.3, -0.25) is 14.2 Å². The molecule has 0 aliphatic carbocycles. The van der Waals surface area contributed by atoms with Crippen molar-refractivity contribution in [3.05, 3.63) is 12.2 Å². The predicted octanol–water partition coefficient (Wildman–Crippen LogP) is 9.22. The summed E-state index contributed by atoms with van der Waals surface area (Å²) in [6, 6.07) is 0. The third kappa shape index (κ3) is 34.4. The summed E-state index contributed by atoms with van der Waals surface area (Å²) in [6.45, 7) is 4.17. The molecule has 0 aromatic carbocycles. The van der Waals surface area contributed by atoms with Crippen molar-refractivity contribution in [1.29, 1.82) is 0 Å². The highest BCUT2D eigenvalue weighted by atomic mass is 31.2. The molecule has 0 aliphatic heterocycles. The van der Waals surface area contributed by atoms with E-state index in [1.807, 2.05) is 21.1 Å².